The monoisotopic (exact) mass is 444 g/mol. The molecule has 0 heterocycles. The van der Waals surface area contributed by atoms with Crippen LogP contribution in [0.3, 0.4) is 0 Å². The van der Waals surface area contributed by atoms with Crippen molar-refractivity contribution in [3.05, 3.63) is 95.1 Å². The van der Waals surface area contributed by atoms with Crippen molar-refractivity contribution >= 4 is 21.6 Å². The Balaban J connectivity index is 1.89. The average Bonchev–Trinajstić information content (AvgIpc) is 2.72. The molecule has 3 rings (SSSR count). The van der Waals surface area contributed by atoms with Crippen molar-refractivity contribution in [1.29, 1.82) is 0 Å². The van der Waals surface area contributed by atoms with Gasteiger partial charge in [0.15, 0.2) is 0 Å². The van der Waals surface area contributed by atoms with E-state index < -0.39 is 34.1 Å². The predicted octanol–water partition coefficient (Wildman–Crippen LogP) is 4.41. The fourth-order valence-electron chi connectivity index (χ4n) is 2.93. The normalized spacial score (nSPS) is 11.5. The molecule has 0 unspecified atom stereocenters. The number of nitrogens with zero attached hydrogens (tertiary/aromatic N) is 1. The Bertz CT molecular complexity index is 1180. The number of carbonyl (C=O) groups is 1. The van der Waals surface area contributed by atoms with Gasteiger partial charge in [0.2, 0.25) is 15.9 Å². The zero-order valence-corrected chi connectivity index (χ0v) is 17.9. The second-order valence-electron chi connectivity index (χ2n) is 7.24. The van der Waals surface area contributed by atoms with Crippen LogP contribution in [0.5, 0.6) is 0 Å². The molecule has 0 radical (unpaired) electrons. The molecule has 0 saturated carbocycles. The summed E-state index contributed by atoms with van der Waals surface area (Å²) in [6, 6.07) is 16.2. The van der Waals surface area contributed by atoms with E-state index in [2.05, 4.69) is 5.32 Å². The lowest BCUT2D eigenvalue weighted by atomic mass is 10.1. The van der Waals surface area contributed by atoms with E-state index in [1.54, 1.807) is 24.3 Å². The van der Waals surface area contributed by atoms with Crippen LogP contribution in [-0.4, -0.2) is 25.2 Å². The number of anilines is 1. The van der Waals surface area contributed by atoms with Crippen molar-refractivity contribution in [2.75, 3.05) is 11.9 Å². The largest absolute Gasteiger partial charge is 0.322 e. The second-order valence-corrected chi connectivity index (χ2v) is 9.18. The first-order valence-corrected chi connectivity index (χ1v) is 11.0. The number of rotatable bonds is 7. The third-order valence-corrected chi connectivity index (χ3v) is 6.47. The fraction of sp³-hybridized carbons (Fsp3) is 0.174. The Hall–Kier alpha value is -3.10. The number of benzene rings is 3. The first kappa shape index (κ1) is 22.6. The van der Waals surface area contributed by atoms with Gasteiger partial charge in [-0.05, 0) is 43.7 Å². The molecule has 0 bridgehead atoms. The number of nitrogens with one attached hydrogen (secondary N) is 1. The molecule has 0 aliphatic heterocycles. The van der Waals surface area contributed by atoms with Crippen LogP contribution in [0.1, 0.15) is 16.7 Å². The number of hydrogen-bond acceptors (Lipinski definition) is 3. The number of hydrogen-bond donors (Lipinski definition) is 1. The quantitative estimate of drug-likeness (QED) is 0.587. The predicted molar refractivity (Wildman–Crippen MR) is 115 cm³/mol. The summed E-state index contributed by atoms with van der Waals surface area (Å²) in [6.45, 7) is 3.11. The maximum Gasteiger partial charge on any atom is 0.243 e. The van der Waals surface area contributed by atoms with E-state index in [0.717, 1.165) is 33.6 Å². The van der Waals surface area contributed by atoms with Crippen molar-refractivity contribution in [2.45, 2.75) is 25.3 Å². The van der Waals surface area contributed by atoms with Gasteiger partial charge in [-0.3, -0.25) is 4.79 Å². The SMILES string of the molecule is Cc1ccc(CN(CC(=O)Nc2cc(F)ccc2F)S(=O)(=O)c2ccc(C)cc2)cc1. The van der Waals surface area contributed by atoms with E-state index in [4.69, 9.17) is 0 Å². The standard InChI is InChI=1S/C23H22F2N2O3S/c1-16-3-7-18(8-4-16)14-27(31(29,30)20-10-5-17(2)6-11-20)15-23(28)26-22-13-19(24)9-12-21(22)25/h3-13H,14-15H2,1-2H3,(H,26,28). The summed E-state index contributed by atoms with van der Waals surface area (Å²) >= 11 is 0. The lowest BCUT2D eigenvalue weighted by Crippen LogP contribution is -2.37. The molecule has 0 aliphatic rings. The first-order chi connectivity index (χ1) is 14.6. The minimum Gasteiger partial charge on any atom is -0.322 e. The molecule has 5 nitrogen and oxygen atoms in total. The molecule has 1 amide bonds. The van der Waals surface area contributed by atoms with Crippen LogP contribution in [0.15, 0.2) is 71.6 Å². The van der Waals surface area contributed by atoms with Gasteiger partial charge in [-0.2, -0.15) is 4.31 Å². The fourth-order valence-corrected chi connectivity index (χ4v) is 4.31. The third-order valence-electron chi connectivity index (χ3n) is 4.66. The highest BCUT2D eigenvalue weighted by Gasteiger charge is 2.27. The van der Waals surface area contributed by atoms with Crippen molar-refractivity contribution < 1.29 is 22.0 Å². The smallest absolute Gasteiger partial charge is 0.243 e. The number of halogens is 2. The highest BCUT2D eigenvalue weighted by atomic mass is 32.2. The molecule has 0 spiro atoms. The lowest BCUT2D eigenvalue weighted by molar-refractivity contribution is -0.116. The Labute approximate surface area is 180 Å². The van der Waals surface area contributed by atoms with Gasteiger partial charge in [0.1, 0.15) is 11.6 Å². The van der Waals surface area contributed by atoms with Gasteiger partial charge in [0.25, 0.3) is 0 Å². The van der Waals surface area contributed by atoms with Gasteiger partial charge in [-0.1, -0.05) is 47.5 Å². The summed E-state index contributed by atoms with van der Waals surface area (Å²) in [6.07, 6.45) is 0. The maximum absolute atomic E-state index is 13.9. The number of sulfonamides is 1. The third kappa shape index (κ3) is 5.74. The molecule has 162 valence electrons. The van der Waals surface area contributed by atoms with E-state index >= 15 is 0 Å². The summed E-state index contributed by atoms with van der Waals surface area (Å²) in [4.78, 5) is 12.6. The van der Waals surface area contributed by atoms with Crippen LogP contribution in [0, 0.1) is 25.5 Å². The summed E-state index contributed by atoms with van der Waals surface area (Å²) in [5.74, 6) is -2.32. The highest BCUT2D eigenvalue weighted by Crippen LogP contribution is 2.20. The zero-order valence-electron chi connectivity index (χ0n) is 17.1. The molecular formula is C23H22F2N2O3S. The topological polar surface area (TPSA) is 66.5 Å². The average molecular weight is 445 g/mol. The van der Waals surface area contributed by atoms with Crippen LogP contribution in [0.4, 0.5) is 14.5 Å². The molecule has 0 atom stereocenters. The van der Waals surface area contributed by atoms with Crippen LogP contribution < -0.4 is 5.32 Å². The molecular weight excluding hydrogens is 422 g/mol. The van der Waals surface area contributed by atoms with Crippen LogP contribution in [0.2, 0.25) is 0 Å². The summed E-state index contributed by atoms with van der Waals surface area (Å²) < 4.78 is 54.8. The Kier molecular flexibility index (Phi) is 6.82. The minimum absolute atomic E-state index is 0.0370. The van der Waals surface area contributed by atoms with Crippen LogP contribution in [-0.2, 0) is 21.4 Å². The summed E-state index contributed by atoms with van der Waals surface area (Å²) in [5, 5.41) is 2.25. The molecule has 31 heavy (non-hydrogen) atoms. The van der Waals surface area contributed by atoms with Gasteiger partial charge < -0.3 is 5.32 Å². The molecule has 1 N–H and O–H groups in total. The molecule has 0 aliphatic carbocycles. The van der Waals surface area contributed by atoms with Gasteiger partial charge in [0, 0.05) is 12.6 Å². The van der Waals surface area contributed by atoms with Crippen molar-refractivity contribution in [3.63, 3.8) is 0 Å². The Morgan fingerprint density at radius 2 is 1.48 bits per heavy atom. The van der Waals surface area contributed by atoms with Gasteiger partial charge in [-0.25, -0.2) is 17.2 Å². The number of carbonyl (C=O) groups excluding carboxylic acids is 1. The van der Waals surface area contributed by atoms with E-state index in [9.17, 15) is 22.0 Å². The minimum atomic E-state index is -4.03. The van der Waals surface area contributed by atoms with Gasteiger partial charge in [-0.15, -0.1) is 0 Å². The zero-order chi connectivity index (χ0) is 22.6. The van der Waals surface area contributed by atoms with Gasteiger partial charge >= 0.3 is 0 Å². The van der Waals surface area contributed by atoms with Crippen molar-refractivity contribution in [3.8, 4) is 0 Å². The van der Waals surface area contributed by atoms with E-state index in [0.29, 0.717) is 5.56 Å². The van der Waals surface area contributed by atoms with Gasteiger partial charge in [0.05, 0.1) is 17.1 Å². The van der Waals surface area contributed by atoms with Crippen molar-refractivity contribution in [2.24, 2.45) is 0 Å². The molecule has 8 heteroatoms. The number of aryl methyl sites for hydroxylation is 2. The lowest BCUT2D eigenvalue weighted by Gasteiger charge is -2.22. The van der Waals surface area contributed by atoms with E-state index in [-0.39, 0.29) is 17.1 Å². The van der Waals surface area contributed by atoms with Crippen molar-refractivity contribution in [1.82, 2.24) is 4.31 Å². The summed E-state index contributed by atoms with van der Waals surface area (Å²) in [7, 11) is -4.03. The second kappa shape index (κ2) is 9.36. The molecule has 3 aromatic carbocycles. The number of amides is 1. The molecule has 0 fully saturated rings. The van der Waals surface area contributed by atoms with E-state index in [1.807, 2.05) is 26.0 Å². The molecule has 0 aromatic heterocycles. The Morgan fingerprint density at radius 3 is 2.10 bits per heavy atom. The van der Waals surface area contributed by atoms with E-state index in [1.165, 1.54) is 12.1 Å². The Morgan fingerprint density at radius 1 is 0.903 bits per heavy atom. The molecule has 0 saturated heterocycles. The molecule has 3 aromatic rings. The summed E-state index contributed by atoms with van der Waals surface area (Å²) in [5.41, 5.74) is 2.23. The maximum atomic E-state index is 13.9. The first-order valence-electron chi connectivity index (χ1n) is 9.52. The van der Waals surface area contributed by atoms with Crippen LogP contribution >= 0.6 is 0 Å². The van der Waals surface area contributed by atoms with Crippen LogP contribution in [0.25, 0.3) is 0 Å². The highest BCUT2D eigenvalue weighted by molar-refractivity contribution is 7.89.